The lowest BCUT2D eigenvalue weighted by Gasteiger charge is -2.29. The Kier molecular flexibility index (Phi) is 5.59. The summed E-state index contributed by atoms with van der Waals surface area (Å²) in [7, 11) is 0. The third-order valence-electron chi connectivity index (χ3n) is 3.09. The van der Waals surface area contributed by atoms with Gasteiger partial charge in [-0.25, -0.2) is 0 Å². The van der Waals surface area contributed by atoms with Crippen molar-refractivity contribution >= 4 is 33.6 Å². The maximum atomic E-state index is 11.8. The lowest BCUT2D eigenvalue weighted by Crippen LogP contribution is -2.39. The van der Waals surface area contributed by atoms with E-state index in [4.69, 9.17) is 4.42 Å². The van der Waals surface area contributed by atoms with Crippen molar-refractivity contribution in [3.8, 4) is 0 Å². The van der Waals surface area contributed by atoms with Crippen molar-refractivity contribution < 1.29 is 9.21 Å². The number of furan rings is 1. The first-order chi connectivity index (χ1) is 8.06. The van der Waals surface area contributed by atoms with Gasteiger partial charge in [0.05, 0.1) is 0 Å². The van der Waals surface area contributed by atoms with E-state index in [0.29, 0.717) is 17.0 Å². The van der Waals surface area contributed by atoms with E-state index in [1.165, 1.54) is 0 Å². The summed E-state index contributed by atoms with van der Waals surface area (Å²) in [5, 5.41) is 2.93. The summed E-state index contributed by atoms with van der Waals surface area (Å²) in [5.41, 5.74) is 0. The highest BCUT2D eigenvalue weighted by Gasteiger charge is 2.26. The Labute approximate surface area is 115 Å². The van der Waals surface area contributed by atoms with Gasteiger partial charge in [-0.3, -0.25) is 4.79 Å². The van der Waals surface area contributed by atoms with Gasteiger partial charge in [-0.1, -0.05) is 13.8 Å². The molecule has 1 heterocycles. The average Bonchev–Trinajstić information content (AvgIpc) is 2.78. The SMILES string of the molecule is CCC(CC)(CNC(=O)c1ccc(Br)o1)SC. The van der Waals surface area contributed by atoms with E-state index in [2.05, 4.69) is 41.3 Å². The van der Waals surface area contributed by atoms with Gasteiger partial charge in [0.2, 0.25) is 0 Å². The molecule has 1 N–H and O–H groups in total. The van der Waals surface area contributed by atoms with Crippen LogP contribution in [0.4, 0.5) is 0 Å². The van der Waals surface area contributed by atoms with Crippen molar-refractivity contribution in [2.24, 2.45) is 0 Å². The number of amides is 1. The molecular formula is C12H18BrNO2S. The Morgan fingerprint density at radius 2 is 2.12 bits per heavy atom. The van der Waals surface area contributed by atoms with E-state index in [1.807, 2.05) is 0 Å². The second-order valence-corrected chi connectivity index (χ2v) is 5.94. The van der Waals surface area contributed by atoms with E-state index < -0.39 is 0 Å². The van der Waals surface area contributed by atoms with Gasteiger partial charge >= 0.3 is 0 Å². The van der Waals surface area contributed by atoms with E-state index >= 15 is 0 Å². The van der Waals surface area contributed by atoms with Crippen molar-refractivity contribution in [3.63, 3.8) is 0 Å². The highest BCUT2D eigenvalue weighted by atomic mass is 79.9. The van der Waals surface area contributed by atoms with Gasteiger partial charge < -0.3 is 9.73 Å². The van der Waals surface area contributed by atoms with Crippen LogP contribution in [0, 0.1) is 0 Å². The number of carbonyl (C=O) groups excluding carboxylic acids is 1. The molecule has 1 aromatic heterocycles. The van der Waals surface area contributed by atoms with E-state index in [1.54, 1.807) is 23.9 Å². The van der Waals surface area contributed by atoms with Gasteiger partial charge in [0, 0.05) is 11.3 Å². The van der Waals surface area contributed by atoms with Gasteiger partial charge in [0.1, 0.15) is 0 Å². The number of halogens is 1. The van der Waals surface area contributed by atoms with Crippen LogP contribution in [-0.2, 0) is 0 Å². The molecule has 0 aliphatic heterocycles. The molecule has 1 rings (SSSR count). The van der Waals surface area contributed by atoms with Crippen molar-refractivity contribution in [1.82, 2.24) is 5.32 Å². The Balaban J connectivity index is 2.58. The molecule has 0 aromatic carbocycles. The van der Waals surface area contributed by atoms with E-state index in [9.17, 15) is 4.79 Å². The number of carbonyl (C=O) groups is 1. The van der Waals surface area contributed by atoms with Crippen molar-refractivity contribution in [2.75, 3.05) is 12.8 Å². The maximum Gasteiger partial charge on any atom is 0.287 e. The summed E-state index contributed by atoms with van der Waals surface area (Å²) in [6.45, 7) is 4.96. The van der Waals surface area contributed by atoms with Crippen LogP contribution in [0.1, 0.15) is 37.2 Å². The predicted octanol–water partition coefficient (Wildman–Crippen LogP) is 3.69. The molecule has 17 heavy (non-hydrogen) atoms. The number of rotatable bonds is 6. The molecule has 96 valence electrons. The second kappa shape index (κ2) is 6.50. The minimum Gasteiger partial charge on any atom is -0.444 e. The molecule has 3 nitrogen and oxygen atoms in total. The minimum absolute atomic E-state index is 0.124. The first kappa shape index (κ1) is 14.6. The maximum absolute atomic E-state index is 11.8. The molecule has 1 aromatic rings. The van der Waals surface area contributed by atoms with Crippen LogP contribution < -0.4 is 5.32 Å². The smallest absolute Gasteiger partial charge is 0.287 e. The van der Waals surface area contributed by atoms with Crippen LogP contribution in [0.3, 0.4) is 0 Å². The van der Waals surface area contributed by atoms with Crippen LogP contribution in [0.2, 0.25) is 0 Å². The lowest BCUT2D eigenvalue weighted by atomic mass is 10.0. The molecule has 1 amide bonds. The molecule has 0 unspecified atom stereocenters. The number of nitrogens with one attached hydrogen (secondary N) is 1. The fourth-order valence-corrected chi connectivity index (χ4v) is 2.73. The van der Waals surface area contributed by atoms with Crippen LogP contribution >= 0.6 is 27.7 Å². The molecule has 0 saturated carbocycles. The highest BCUT2D eigenvalue weighted by Crippen LogP contribution is 2.29. The zero-order chi connectivity index (χ0) is 12.9. The third-order valence-corrected chi connectivity index (χ3v) is 5.10. The molecule has 0 aliphatic rings. The molecule has 0 bridgehead atoms. The van der Waals surface area contributed by atoms with Gasteiger partial charge in [-0.15, -0.1) is 0 Å². The Morgan fingerprint density at radius 3 is 2.53 bits per heavy atom. The third kappa shape index (κ3) is 3.78. The summed E-state index contributed by atoms with van der Waals surface area (Å²) in [4.78, 5) is 11.8. The first-order valence-corrected chi connectivity index (χ1v) is 7.67. The van der Waals surface area contributed by atoms with E-state index in [-0.39, 0.29) is 10.7 Å². The second-order valence-electron chi connectivity index (χ2n) is 3.88. The van der Waals surface area contributed by atoms with Gasteiger partial charge in [-0.05, 0) is 47.2 Å². The molecule has 0 aliphatic carbocycles. The normalized spacial score (nSPS) is 11.5. The standard InChI is InChI=1S/C12H18BrNO2S/c1-4-12(5-2,17-3)8-14-11(15)9-6-7-10(13)16-9/h6-7H,4-5,8H2,1-3H3,(H,14,15). The first-order valence-electron chi connectivity index (χ1n) is 5.65. The highest BCUT2D eigenvalue weighted by molar-refractivity contribution is 9.10. The van der Waals surface area contributed by atoms with Crippen LogP contribution in [0.5, 0.6) is 0 Å². The van der Waals surface area contributed by atoms with E-state index in [0.717, 1.165) is 12.8 Å². The fraction of sp³-hybridized carbons (Fsp3) is 0.583. The summed E-state index contributed by atoms with van der Waals surface area (Å²) in [6, 6.07) is 3.38. The number of hydrogen-bond acceptors (Lipinski definition) is 3. The largest absolute Gasteiger partial charge is 0.444 e. The quantitative estimate of drug-likeness (QED) is 0.869. The molecule has 0 radical (unpaired) electrons. The van der Waals surface area contributed by atoms with Gasteiger partial charge in [-0.2, -0.15) is 11.8 Å². The van der Waals surface area contributed by atoms with Gasteiger partial charge in [0.15, 0.2) is 10.4 Å². The average molecular weight is 320 g/mol. The predicted molar refractivity (Wildman–Crippen MR) is 75.6 cm³/mol. The van der Waals surface area contributed by atoms with Crippen LogP contribution in [0.15, 0.2) is 21.2 Å². The van der Waals surface area contributed by atoms with Crippen molar-refractivity contribution in [1.29, 1.82) is 0 Å². The number of hydrogen-bond donors (Lipinski definition) is 1. The summed E-state index contributed by atoms with van der Waals surface area (Å²) < 4.78 is 5.91. The Bertz CT molecular complexity index is 366. The number of thioether (sulfide) groups is 1. The van der Waals surface area contributed by atoms with Crippen LogP contribution in [-0.4, -0.2) is 23.5 Å². The summed E-state index contributed by atoms with van der Waals surface area (Å²) in [6.07, 6.45) is 4.15. The Morgan fingerprint density at radius 1 is 1.47 bits per heavy atom. The monoisotopic (exact) mass is 319 g/mol. The molecule has 0 spiro atoms. The van der Waals surface area contributed by atoms with Crippen LogP contribution in [0.25, 0.3) is 0 Å². The molecule has 0 saturated heterocycles. The molecule has 0 fully saturated rings. The van der Waals surface area contributed by atoms with Gasteiger partial charge in [0.25, 0.3) is 5.91 Å². The van der Waals surface area contributed by atoms with Crippen molar-refractivity contribution in [3.05, 3.63) is 22.6 Å². The minimum atomic E-state index is -0.156. The molecular weight excluding hydrogens is 302 g/mol. The fourth-order valence-electron chi connectivity index (χ4n) is 1.63. The topological polar surface area (TPSA) is 42.2 Å². The Hall–Kier alpha value is -0.420. The lowest BCUT2D eigenvalue weighted by molar-refractivity contribution is 0.0920. The van der Waals surface area contributed by atoms with Crippen molar-refractivity contribution in [2.45, 2.75) is 31.4 Å². The zero-order valence-electron chi connectivity index (χ0n) is 10.4. The molecule has 0 atom stereocenters. The summed E-state index contributed by atoms with van der Waals surface area (Å²) in [5.74, 6) is 0.190. The zero-order valence-corrected chi connectivity index (χ0v) is 12.8. The molecule has 5 heteroatoms. The summed E-state index contributed by atoms with van der Waals surface area (Å²) >= 11 is 4.99.